The number of carbonyl (C=O) groups is 2. The minimum atomic E-state index is -0.636. The van der Waals surface area contributed by atoms with Crippen LogP contribution in [-0.2, 0) is 24.5 Å². The van der Waals surface area contributed by atoms with Crippen LogP contribution in [0.4, 0.5) is 0 Å². The first kappa shape index (κ1) is 15.8. The molecule has 4 nitrogen and oxygen atoms in total. The zero-order valence-corrected chi connectivity index (χ0v) is 13.0. The van der Waals surface area contributed by atoms with E-state index in [2.05, 4.69) is 0 Å². The fourth-order valence-corrected chi connectivity index (χ4v) is 2.60. The van der Waals surface area contributed by atoms with Crippen LogP contribution in [0.15, 0.2) is 24.3 Å². The van der Waals surface area contributed by atoms with E-state index in [4.69, 9.17) is 21.1 Å². The topological polar surface area (TPSA) is 52.6 Å². The van der Waals surface area contributed by atoms with Gasteiger partial charge in [-0.15, -0.1) is 0 Å². The standard InChI is InChI=1S/C16H19ClO4/c1-11(2)21-14(18)10-20-15(19)16(8-3-9-16)12-4-6-13(17)7-5-12/h4-7,11H,3,8-10H2,1-2H3. The molecule has 1 aliphatic carbocycles. The van der Waals surface area contributed by atoms with Gasteiger partial charge in [0, 0.05) is 5.02 Å². The zero-order chi connectivity index (χ0) is 15.5. The average Bonchev–Trinajstić information content (AvgIpc) is 2.36. The summed E-state index contributed by atoms with van der Waals surface area (Å²) in [4.78, 5) is 23.8. The van der Waals surface area contributed by atoms with E-state index in [9.17, 15) is 9.59 Å². The summed E-state index contributed by atoms with van der Waals surface area (Å²) in [5.74, 6) is -0.888. The van der Waals surface area contributed by atoms with Crippen LogP contribution in [0.3, 0.4) is 0 Å². The maximum Gasteiger partial charge on any atom is 0.344 e. The molecule has 0 amide bonds. The molecule has 1 aromatic rings. The zero-order valence-electron chi connectivity index (χ0n) is 12.2. The molecule has 0 N–H and O–H groups in total. The Kier molecular flexibility index (Phi) is 4.88. The lowest BCUT2D eigenvalue weighted by Gasteiger charge is -2.39. The van der Waals surface area contributed by atoms with Crippen molar-refractivity contribution in [2.24, 2.45) is 0 Å². The molecule has 0 saturated heterocycles. The summed E-state index contributed by atoms with van der Waals surface area (Å²) in [6.07, 6.45) is 2.21. The van der Waals surface area contributed by atoms with Crippen molar-refractivity contribution in [2.75, 3.05) is 6.61 Å². The molecule has 1 fully saturated rings. The number of halogens is 1. The predicted molar refractivity (Wildman–Crippen MR) is 79.2 cm³/mol. The SMILES string of the molecule is CC(C)OC(=O)COC(=O)C1(c2ccc(Cl)cc2)CCC1. The largest absolute Gasteiger partial charge is 0.460 e. The summed E-state index contributed by atoms with van der Waals surface area (Å²) in [6, 6.07) is 7.21. The summed E-state index contributed by atoms with van der Waals surface area (Å²) < 4.78 is 10.1. The molecule has 0 radical (unpaired) electrons. The molecule has 5 heteroatoms. The van der Waals surface area contributed by atoms with Crippen molar-refractivity contribution in [3.63, 3.8) is 0 Å². The summed E-state index contributed by atoms with van der Waals surface area (Å²) in [6.45, 7) is 3.16. The molecule has 21 heavy (non-hydrogen) atoms. The second-order valence-corrected chi connectivity index (χ2v) is 5.99. The van der Waals surface area contributed by atoms with Crippen LogP contribution in [0.25, 0.3) is 0 Å². The van der Waals surface area contributed by atoms with Gasteiger partial charge in [-0.05, 0) is 44.4 Å². The molecule has 1 aromatic carbocycles. The van der Waals surface area contributed by atoms with Gasteiger partial charge in [0.1, 0.15) is 0 Å². The van der Waals surface area contributed by atoms with Crippen LogP contribution < -0.4 is 0 Å². The normalized spacial score (nSPS) is 16.2. The van der Waals surface area contributed by atoms with Gasteiger partial charge in [-0.3, -0.25) is 4.79 Å². The Morgan fingerprint density at radius 3 is 2.33 bits per heavy atom. The first-order valence-corrected chi connectivity index (χ1v) is 7.44. The quantitative estimate of drug-likeness (QED) is 0.783. The van der Waals surface area contributed by atoms with Crippen molar-refractivity contribution in [1.82, 2.24) is 0 Å². The average molecular weight is 311 g/mol. The minimum absolute atomic E-state index is 0.217. The first-order chi connectivity index (χ1) is 9.94. The van der Waals surface area contributed by atoms with Crippen molar-refractivity contribution in [3.8, 4) is 0 Å². The van der Waals surface area contributed by atoms with Crippen molar-refractivity contribution >= 4 is 23.5 Å². The molecule has 0 unspecified atom stereocenters. The number of hydrogen-bond acceptors (Lipinski definition) is 4. The van der Waals surface area contributed by atoms with E-state index >= 15 is 0 Å². The molecule has 0 atom stereocenters. The number of hydrogen-bond donors (Lipinski definition) is 0. The number of ether oxygens (including phenoxy) is 2. The van der Waals surface area contributed by atoms with Crippen LogP contribution in [0.5, 0.6) is 0 Å². The third-order valence-corrected chi connectivity index (χ3v) is 3.93. The second-order valence-electron chi connectivity index (χ2n) is 5.56. The van der Waals surface area contributed by atoms with E-state index in [0.29, 0.717) is 5.02 Å². The lowest BCUT2D eigenvalue weighted by Crippen LogP contribution is -2.44. The number of esters is 2. The third kappa shape index (κ3) is 3.56. The Bertz CT molecular complexity index is 518. The molecule has 0 aliphatic heterocycles. The highest BCUT2D eigenvalue weighted by molar-refractivity contribution is 6.30. The van der Waals surface area contributed by atoms with Crippen LogP contribution in [0.1, 0.15) is 38.7 Å². The highest BCUT2D eigenvalue weighted by Gasteiger charge is 2.47. The van der Waals surface area contributed by atoms with Gasteiger partial charge in [-0.1, -0.05) is 30.2 Å². The minimum Gasteiger partial charge on any atom is -0.460 e. The molecule has 2 rings (SSSR count). The van der Waals surface area contributed by atoms with Gasteiger partial charge in [0.05, 0.1) is 11.5 Å². The molecule has 0 spiro atoms. The molecular formula is C16H19ClO4. The Labute approximate surface area is 129 Å². The Morgan fingerprint density at radius 2 is 1.86 bits per heavy atom. The van der Waals surface area contributed by atoms with Gasteiger partial charge in [0.2, 0.25) is 0 Å². The fourth-order valence-electron chi connectivity index (χ4n) is 2.47. The lowest BCUT2D eigenvalue weighted by molar-refractivity contribution is -0.166. The van der Waals surface area contributed by atoms with Crippen LogP contribution in [0, 0.1) is 0 Å². The smallest absolute Gasteiger partial charge is 0.344 e. The van der Waals surface area contributed by atoms with Crippen LogP contribution in [0.2, 0.25) is 5.02 Å². The number of benzene rings is 1. The van der Waals surface area contributed by atoms with Crippen molar-refractivity contribution < 1.29 is 19.1 Å². The predicted octanol–water partition coefficient (Wildman–Crippen LogP) is 3.26. The van der Waals surface area contributed by atoms with E-state index in [0.717, 1.165) is 24.8 Å². The molecule has 114 valence electrons. The van der Waals surface area contributed by atoms with E-state index in [1.165, 1.54) is 0 Å². The monoisotopic (exact) mass is 310 g/mol. The van der Waals surface area contributed by atoms with Crippen LogP contribution >= 0.6 is 11.6 Å². The third-order valence-electron chi connectivity index (χ3n) is 3.68. The second kappa shape index (κ2) is 6.48. The molecular weight excluding hydrogens is 292 g/mol. The van der Waals surface area contributed by atoms with E-state index in [1.807, 2.05) is 12.1 Å². The molecule has 1 aliphatic rings. The van der Waals surface area contributed by atoms with Gasteiger partial charge in [0.25, 0.3) is 0 Å². The van der Waals surface area contributed by atoms with Gasteiger partial charge in [-0.2, -0.15) is 0 Å². The lowest BCUT2D eigenvalue weighted by atomic mass is 9.64. The Hall–Kier alpha value is -1.55. The number of rotatable bonds is 5. The maximum absolute atomic E-state index is 12.4. The van der Waals surface area contributed by atoms with Crippen molar-refractivity contribution in [3.05, 3.63) is 34.9 Å². The van der Waals surface area contributed by atoms with Crippen molar-refractivity contribution in [2.45, 2.75) is 44.6 Å². The van der Waals surface area contributed by atoms with E-state index < -0.39 is 11.4 Å². The van der Waals surface area contributed by atoms with Gasteiger partial charge in [-0.25, -0.2) is 4.79 Å². The summed E-state index contributed by atoms with van der Waals surface area (Å²) in [7, 11) is 0. The maximum atomic E-state index is 12.4. The Balaban J connectivity index is 2.02. The van der Waals surface area contributed by atoms with E-state index in [1.54, 1.807) is 26.0 Å². The van der Waals surface area contributed by atoms with Gasteiger partial charge < -0.3 is 9.47 Å². The fraction of sp³-hybridized carbons (Fsp3) is 0.500. The summed E-state index contributed by atoms with van der Waals surface area (Å²) in [5, 5.41) is 0.627. The van der Waals surface area contributed by atoms with E-state index in [-0.39, 0.29) is 18.7 Å². The van der Waals surface area contributed by atoms with Gasteiger partial charge >= 0.3 is 11.9 Å². The van der Waals surface area contributed by atoms with Gasteiger partial charge in [0.15, 0.2) is 6.61 Å². The first-order valence-electron chi connectivity index (χ1n) is 7.07. The van der Waals surface area contributed by atoms with Crippen LogP contribution in [-0.4, -0.2) is 24.6 Å². The Morgan fingerprint density at radius 1 is 1.24 bits per heavy atom. The number of carbonyl (C=O) groups excluding carboxylic acids is 2. The highest BCUT2D eigenvalue weighted by Crippen LogP contribution is 2.45. The van der Waals surface area contributed by atoms with Crippen molar-refractivity contribution in [1.29, 1.82) is 0 Å². The molecule has 0 heterocycles. The molecule has 1 saturated carbocycles. The molecule has 0 aromatic heterocycles. The summed E-state index contributed by atoms with van der Waals surface area (Å²) >= 11 is 5.88. The molecule has 0 bridgehead atoms. The highest BCUT2D eigenvalue weighted by atomic mass is 35.5. The summed E-state index contributed by atoms with van der Waals surface area (Å²) in [5.41, 5.74) is 0.253.